The summed E-state index contributed by atoms with van der Waals surface area (Å²) in [6, 6.07) is 4.59. The molecule has 4 N–H and O–H groups in total. The molecular weight excluding hydrogens is 438 g/mol. The fourth-order valence-electron chi connectivity index (χ4n) is 4.59. The minimum atomic E-state index is -0.918. The number of carbonyl (C=O) groups excluding carboxylic acids is 3. The number of aromatic nitrogens is 1. The smallest absolute Gasteiger partial charge is 0.330 e. The summed E-state index contributed by atoms with van der Waals surface area (Å²) < 4.78 is 0. The van der Waals surface area contributed by atoms with E-state index in [1.165, 1.54) is 4.90 Å². The van der Waals surface area contributed by atoms with E-state index in [1.54, 1.807) is 36.1 Å². The number of nitrogens with one attached hydrogen (secondary N) is 3. The normalized spacial score (nSPS) is 18.5. The molecule has 1 aromatic carbocycles. The predicted octanol–water partition coefficient (Wildman–Crippen LogP) is 3.18. The second-order valence-corrected chi connectivity index (χ2v) is 8.90. The molecule has 0 spiro atoms. The number of hydrogen-bond acceptors (Lipinski definition) is 4. The molecule has 1 aliphatic carbocycles. The van der Waals surface area contributed by atoms with Crippen LogP contribution in [0.3, 0.4) is 0 Å². The van der Waals surface area contributed by atoms with Gasteiger partial charge in [-0.05, 0) is 56.0 Å². The standard InChI is InChI=1S/C24H25N5O5/c1-12-17(11-21(30)31)13(2)25-19(12)10-18-16-6-3-14(9-20(16)27-22(18)32)26-23(33)29-8-7-28(24(29)34)15-4-5-15/h3,6,9-10,15,25H,4-5,7-8,11H2,1-2H3,(H,26,33)(H,27,32)(H,30,31)/b18-10-. The lowest BCUT2D eigenvalue weighted by Crippen LogP contribution is -2.39. The second kappa shape index (κ2) is 8.05. The molecule has 3 aliphatic rings. The van der Waals surface area contributed by atoms with Gasteiger partial charge in [0.25, 0.3) is 5.91 Å². The van der Waals surface area contributed by atoms with Gasteiger partial charge in [0, 0.05) is 41.8 Å². The van der Waals surface area contributed by atoms with Crippen LogP contribution in [-0.2, 0) is 16.0 Å². The van der Waals surface area contributed by atoms with E-state index < -0.39 is 12.0 Å². The minimum Gasteiger partial charge on any atom is -0.481 e. The number of carbonyl (C=O) groups is 4. The fraction of sp³-hybridized carbons (Fsp3) is 0.333. The molecule has 2 fully saturated rings. The molecule has 0 unspecified atom stereocenters. The topological polar surface area (TPSA) is 135 Å². The average molecular weight is 463 g/mol. The minimum absolute atomic E-state index is 0.0961. The van der Waals surface area contributed by atoms with Crippen molar-refractivity contribution in [2.75, 3.05) is 23.7 Å². The van der Waals surface area contributed by atoms with Crippen LogP contribution in [0.15, 0.2) is 18.2 Å². The van der Waals surface area contributed by atoms with Crippen LogP contribution in [0.1, 0.15) is 40.9 Å². The van der Waals surface area contributed by atoms with Crippen LogP contribution >= 0.6 is 0 Å². The van der Waals surface area contributed by atoms with Gasteiger partial charge in [-0.3, -0.25) is 9.59 Å². The molecule has 3 heterocycles. The summed E-state index contributed by atoms with van der Waals surface area (Å²) in [5, 5.41) is 14.7. The SMILES string of the molecule is Cc1[nH]c(/C=C2\C(=O)Nc3cc(NC(=O)N4CCN(C5CC5)C4=O)ccc32)c(C)c1CC(=O)O. The van der Waals surface area contributed by atoms with Crippen molar-refractivity contribution in [1.29, 1.82) is 0 Å². The number of amides is 5. The number of aliphatic carboxylic acids is 1. The van der Waals surface area contributed by atoms with Crippen molar-refractivity contribution in [2.45, 2.75) is 39.2 Å². The van der Waals surface area contributed by atoms with Crippen LogP contribution in [0.4, 0.5) is 21.0 Å². The van der Waals surface area contributed by atoms with Crippen LogP contribution in [-0.4, -0.2) is 63.0 Å². The number of nitrogens with zero attached hydrogens (tertiary/aromatic N) is 2. The van der Waals surface area contributed by atoms with E-state index in [4.69, 9.17) is 5.11 Å². The fourth-order valence-corrected chi connectivity index (χ4v) is 4.59. The van der Waals surface area contributed by atoms with Gasteiger partial charge in [-0.15, -0.1) is 0 Å². The molecule has 0 bridgehead atoms. The molecule has 1 aromatic heterocycles. The van der Waals surface area contributed by atoms with Gasteiger partial charge < -0.3 is 25.6 Å². The first-order valence-electron chi connectivity index (χ1n) is 11.2. The highest BCUT2D eigenvalue weighted by atomic mass is 16.4. The number of anilines is 2. The maximum atomic E-state index is 12.7. The van der Waals surface area contributed by atoms with Gasteiger partial charge in [0.2, 0.25) is 0 Å². The first-order valence-corrected chi connectivity index (χ1v) is 11.2. The Labute approximate surface area is 195 Å². The zero-order valence-electron chi connectivity index (χ0n) is 18.9. The summed E-state index contributed by atoms with van der Waals surface area (Å²) in [6.07, 6.45) is 3.59. The molecule has 10 heteroatoms. The van der Waals surface area contributed by atoms with Crippen molar-refractivity contribution >= 4 is 47.0 Å². The van der Waals surface area contributed by atoms with Gasteiger partial charge >= 0.3 is 18.0 Å². The van der Waals surface area contributed by atoms with E-state index in [2.05, 4.69) is 15.6 Å². The van der Waals surface area contributed by atoms with Crippen molar-refractivity contribution in [1.82, 2.24) is 14.8 Å². The van der Waals surface area contributed by atoms with Gasteiger partial charge in [-0.2, -0.15) is 0 Å². The van der Waals surface area contributed by atoms with Gasteiger partial charge in [0.05, 0.1) is 17.7 Å². The Bertz CT molecular complexity index is 1270. The highest BCUT2D eigenvalue weighted by Gasteiger charge is 2.41. The van der Waals surface area contributed by atoms with Crippen LogP contribution in [0, 0.1) is 13.8 Å². The maximum absolute atomic E-state index is 12.7. The first-order chi connectivity index (χ1) is 16.2. The summed E-state index contributed by atoms with van der Waals surface area (Å²) in [6.45, 7) is 4.54. The number of benzene rings is 1. The first kappa shape index (κ1) is 21.7. The Hall–Kier alpha value is -4.08. The number of carboxylic acids is 1. The summed E-state index contributed by atoms with van der Waals surface area (Å²) in [4.78, 5) is 55.1. The summed E-state index contributed by atoms with van der Waals surface area (Å²) >= 11 is 0. The molecule has 1 saturated carbocycles. The Morgan fingerprint density at radius 3 is 2.68 bits per heavy atom. The van der Waals surface area contributed by atoms with E-state index in [0.717, 1.165) is 24.1 Å². The number of fused-ring (bicyclic) bond motifs is 1. The zero-order valence-corrected chi connectivity index (χ0v) is 18.9. The van der Waals surface area contributed by atoms with E-state index >= 15 is 0 Å². The highest BCUT2D eigenvalue weighted by Crippen LogP contribution is 2.36. The maximum Gasteiger partial charge on any atom is 0.330 e. The van der Waals surface area contributed by atoms with Crippen LogP contribution < -0.4 is 10.6 Å². The lowest BCUT2D eigenvalue weighted by atomic mass is 10.0. The van der Waals surface area contributed by atoms with Crippen molar-refractivity contribution in [3.05, 3.63) is 46.3 Å². The number of H-pyrrole nitrogens is 1. The number of urea groups is 2. The average Bonchev–Trinajstić information content (AvgIpc) is 3.41. The predicted molar refractivity (Wildman–Crippen MR) is 125 cm³/mol. The van der Waals surface area contributed by atoms with Gasteiger partial charge in [0.1, 0.15) is 0 Å². The number of aryl methyl sites for hydroxylation is 1. The van der Waals surface area contributed by atoms with Crippen LogP contribution in [0.25, 0.3) is 11.6 Å². The third-order valence-corrected chi connectivity index (χ3v) is 6.58. The Balaban J connectivity index is 1.35. The van der Waals surface area contributed by atoms with Crippen LogP contribution in [0.5, 0.6) is 0 Å². The quantitative estimate of drug-likeness (QED) is 0.505. The number of imide groups is 1. The molecule has 176 valence electrons. The van der Waals surface area contributed by atoms with Crippen molar-refractivity contribution in [3.63, 3.8) is 0 Å². The summed E-state index contributed by atoms with van der Waals surface area (Å²) in [7, 11) is 0. The lowest BCUT2D eigenvalue weighted by molar-refractivity contribution is -0.136. The molecule has 2 aliphatic heterocycles. The Morgan fingerprint density at radius 2 is 1.97 bits per heavy atom. The molecular formula is C24H25N5O5. The van der Waals surface area contributed by atoms with Crippen molar-refractivity contribution < 1.29 is 24.3 Å². The highest BCUT2D eigenvalue weighted by molar-refractivity contribution is 6.35. The number of hydrogen-bond donors (Lipinski definition) is 4. The number of aromatic amines is 1. The molecule has 34 heavy (non-hydrogen) atoms. The van der Waals surface area contributed by atoms with E-state index in [0.29, 0.717) is 46.9 Å². The third-order valence-electron chi connectivity index (χ3n) is 6.58. The van der Waals surface area contributed by atoms with Crippen molar-refractivity contribution in [3.8, 4) is 0 Å². The van der Waals surface area contributed by atoms with E-state index in [-0.39, 0.29) is 24.4 Å². The monoisotopic (exact) mass is 463 g/mol. The summed E-state index contributed by atoms with van der Waals surface area (Å²) in [5.41, 5.74) is 5.05. The lowest BCUT2D eigenvalue weighted by Gasteiger charge is -2.17. The van der Waals surface area contributed by atoms with Gasteiger partial charge in [-0.1, -0.05) is 6.07 Å². The molecule has 0 radical (unpaired) electrons. The van der Waals surface area contributed by atoms with Gasteiger partial charge in [-0.25, -0.2) is 14.5 Å². The molecule has 5 rings (SSSR count). The Kier molecular flexibility index (Phi) is 5.15. The number of rotatable bonds is 5. The van der Waals surface area contributed by atoms with E-state index in [1.807, 2.05) is 6.92 Å². The van der Waals surface area contributed by atoms with Crippen molar-refractivity contribution in [2.24, 2.45) is 0 Å². The molecule has 0 atom stereocenters. The van der Waals surface area contributed by atoms with Gasteiger partial charge in [0.15, 0.2) is 0 Å². The largest absolute Gasteiger partial charge is 0.481 e. The molecule has 2 aromatic rings. The molecule has 5 amide bonds. The summed E-state index contributed by atoms with van der Waals surface area (Å²) in [5.74, 6) is -1.21. The molecule has 10 nitrogen and oxygen atoms in total. The Morgan fingerprint density at radius 1 is 1.21 bits per heavy atom. The second-order valence-electron chi connectivity index (χ2n) is 8.90. The van der Waals surface area contributed by atoms with Crippen LogP contribution in [0.2, 0.25) is 0 Å². The zero-order chi connectivity index (χ0) is 24.1. The number of carboxylic acid groups (broad SMARTS) is 1. The third kappa shape index (κ3) is 3.81. The molecule has 1 saturated heterocycles. The van der Waals surface area contributed by atoms with E-state index in [9.17, 15) is 19.2 Å².